The minimum Gasteiger partial charge on any atom is -0.379 e. The maximum Gasteiger partial charge on any atom is 0.339 e. The zero-order valence-corrected chi connectivity index (χ0v) is 19.0. The third kappa shape index (κ3) is 3.19. The number of aromatic nitrogens is 1. The van der Waals surface area contributed by atoms with Crippen LogP contribution < -0.4 is 4.18 Å². The van der Waals surface area contributed by atoms with Crippen LogP contribution in [-0.4, -0.2) is 18.9 Å². The molecule has 0 unspecified atom stereocenters. The lowest BCUT2D eigenvalue weighted by molar-refractivity contribution is -0.0398. The Morgan fingerprint density at radius 2 is 1.56 bits per heavy atom. The summed E-state index contributed by atoms with van der Waals surface area (Å²) in [7, 11) is -3.91. The molecule has 1 heterocycles. The number of hydrogen-bond acceptors (Lipinski definition) is 4. The van der Waals surface area contributed by atoms with Crippen LogP contribution in [0.4, 0.5) is 0 Å². The standard InChI is InChI=1S/C26H27NO4S/c1-17-2-5-23(6-3-17)32(29,30)31-22-4-7-24-21(13-22)8-9-27(24)25(28)26-14-18-10-19(15-26)12-20(11-18)16-26/h2-9,13,18-20H,10-12,14-16H2,1H3. The zero-order valence-electron chi connectivity index (χ0n) is 18.2. The van der Waals surface area contributed by atoms with Crippen molar-refractivity contribution in [3.63, 3.8) is 0 Å². The van der Waals surface area contributed by atoms with Gasteiger partial charge >= 0.3 is 10.1 Å². The second-order valence-electron chi connectivity index (χ2n) is 10.3. The molecule has 4 bridgehead atoms. The summed E-state index contributed by atoms with van der Waals surface area (Å²) in [6, 6.07) is 13.6. The zero-order chi connectivity index (χ0) is 22.1. The minimum atomic E-state index is -3.91. The van der Waals surface area contributed by atoms with Gasteiger partial charge in [0, 0.05) is 11.6 Å². The molecule has 0 saturated heterocycles. The summed E-state index contributed by atoms with van der Waals surface area (Å²) in [6.07, 6.45) is 8.80. The van der Waals surface area contributed by atoms with E-state index < -0.39 is 10.1 Å². The highest BCUT2D eigenvalue weighted by Crippen LogP contribution is 2.60. The summed E-state index contributed by atoms with van der Waals surface area (Å²) in [4.78, 5) is 13.9. The van der Waals surface area contributed by atoms with Crippen molar-refractivity contribution in [1.29, 1.82) is 0 Å². The number of nitrogens with zero attached hydrogens (tertiary/aromatic N) is 1. The molecule has 7 rings (SSSR count). The van der Waals surface area contributed by atoms with Gasteiger partial charge in [-0.3, -0.25) is 9.36 Å². The average Bonchev–Trinajstić information content (AvgIpc) is 3.15. The van der Waals surface area contributed by atoms with E-state index in [1.807, 2.05) is 19.2 Å². The third-order valence-corrected chi connectivity index (χ3v) is 9.15. The number of hydrogen-bond donors (Lipinski definition) is 0. The summed E-state index contributed by atoms with van der Waals surface area (Å²) in [5.74, 6) is 2.59. The van der Waals surface area contributed by atoms with Crippen molar-refractivity contribution in [3.8, 4) is 5.75 Å². The molecule has 1 aromatic heterocycles. The summed E-state index contributed by atoms with van der Waals surface area (Å²) >= 11 is 0. The molecule has 0 amide bonds. The van der Waals surface area contributed by atoms with E-state index in [0.717, 1.165) is 35.7 Å². The number of benzene rings is 2. The van der Waals surface area contributed by atoms with Gasteiger partial charge in [-0.1, -0.05) is 17.7 Å². The molecule has 2 aromatic carbocycles. The molecule has 4 aliphatic carbocycles. The van der Waals surface area contributed by atoms with Gasteiger partial charge in [-0.15, -0.1) is 0 Å². The highest BCUT2D eigenvalue weighted by Gasteiger charge is 2.55. The molecule has 0 aliphatic heterocycles. The highest BCUT2D eigenvalue weighted by molar-refractivity contribution is 7.87. The number of aryl methyl sites for hydroxylation is 1. The minimum absolute atomic E-state index is 0.123. The third-order valence-electron chi connectivity index (χ3n) is 7.89. The quantitative estimate of drug-likeness (QED) is 0.488. The Balaban J connectivity index is 1.29. The first-order valence-electron chi connectivity index (χ1n) is 11.5. The molecular weight excluding hydrogens is 422 g/mol. The molecule has 5 nitrogen and oxygen atoms in total. The largest absolute Gasteiger partial charge is 0.379 e. The van der Waals surface area contributed by atoms with Crippen molar-refractivity contribution in [2.45, 2.75) is 50.3 Å². The Bertz CT molecular complexity index is 1280. The molecule has 32 heavy (non-hydrogen) atoms. The lowest BCUT2D eigenvalue weighted by atomic mass is 9.49. The summed E-state index contributed by atoms with van der Waals surface area (Å²) in [5, 5.41) is 0.805. The Hall–Kier alpha value is -2.60. The monoisotopic (exact) mass is 449 g/mol. The maximum absolute atomic E-state index is 13.7. The molecular formula is C26H27NO4S. The fraction of sp³-hybridized carbons (Fsp3) is 0.423. The normalized spacial score (nSPS) is 28.8. The van der Waals surface area contributed by atoms with E-state index in [1.165, 1.54) is 19.3 Å². The van der Waals surface area contributed by atoms with E-state index >= 15 is 0 Å². The average molecular weight is 450 g/mol. The predicted octanol–water partition coefficient (Wildman–Crippen LogP) is 5.57. The van der Waals surface area contributed by atoms with Gasteiger partial charge in [-0.2, -0.15) is 8.42 Å². The molecule has 0 radical (unpaired) electrons. The first-order valence-corrected chi connectivity index (χ1v) is 12.9. The smallest absolute Gasteiger partial charge is 0.339 e. The lowest BCUT2D eigenvalue weighted by Crippen LogP contribution is -2.51. The van der Waals surface area contributed by atoms with Crippen LogP contribution in [0.25, 0.3) is 10.9 Å². The van der Waals surface area contributed by atoms with Gasteiger partial charge < -0.3 is 4.18 Å². The summed E-state index contributed by atoms with van der Waals surface area (Å²) in [5.41, 5.74) is 1.58. The van der Waals surface area contributed by atoms with Crippen LogP contribution in [-0.2, 0) is 10.1 Å². The molecule has 4 fully saturated rings. The van der Waals surface area contributed by atoms with Crippen LogP contribution in [0.2, 0.25) is 0 Å². The van der Waals surface area contributed by atoms with E-state index in [-0.39, 0.29) is 22.0 Å². The van der Waals surface area contributed by atoms with Gasteiger partial charge in [-0.25, -0.2) is 0 Å². The summed E-state index contributed by atoms with van der Waals surface area (Å²) < 4.78 is 32.5. The highest BCUT2D eigenvalue weighted by atomic mass is 32.2. The lowest BCUT2D eigenvalue weighted by Gasteiger charge is -2.55. The number of carbonyl (C=O) groups is 1. The van der Waals surface area contributed by atoms with Gasteiger partial charge in [0.2, 0.25) is 5.91 Å². The number of rotatable bonds is 4. The fourth-order valence-electron chi connectivity index (χ4n) is 6.86. The van der Waals surface area contributed by atoms with Crippen LogP contribution in [0, 0.1) is 30.1 Å². The van der Waals surface area contributed by atoms with Gasteiger partial charge in [-0.05, 0) is 99.6 Å². The van der Waals surface area contributed by atoms with Gasteiger partial charge in [0.05, 0.1) is 10.9 Å². The van der Waals surface area contributed by atoms with Crippen molar-refractivity contribution in [2.75, 3.05) is 0 Å². The number of fused-ring (bicyclic) bond motifs is 1. The van der Waals surface area contributed by atoms with Crippen molar-refractivity contribution in [1.82, 2.24) is 4.57 Å². The van der Waals surface area contributed by atoms with Crippen LogP contribution in [0.3, 0.4) is 0 Å². The van der Waals surface area contributed by atoms with Crippen molar-refractivity contribution in [3.05, 3.63) is 60.3 Å². The first kappa shape index (κ1) is 20.0. The molecule has 4 aliphatic rings. The van der Waals surface area contributed by atoms with Crippen molar-refractivity contribution < 1.29 is 17.4 Å². The maximum atomic E-state index is 13.7. The van der Waals surface area contributed by atoms with E-state index in [4.69, 9.17) is 4.18 Å². The first-order chi connectivity index (χ1) is 15.3. The molecule has 0 spiro atoms. The topological polar surface area (TPSA) is 65.4 Å². The van der Waals surface area contributed by atoms with Crippen LogP contribution in [0.5, 0.6) is 5.75 Å². The van der Waals surface area contributed by atoms with Gasteiger partial charge in [0.15, 0.2) is 0 Å². The van der Waals surface area contributed by atoms with Crippen molar-refractivity contribution >= 4 is 26.9 Å². The van der Waals surface area contributed by atoms with E-state index in [1.54, 1.807) is 47.0 Å². The van der Waals surface area contributed by atoms with Crippen LogP contribution >= 0.6 is 0 Å². The van der Waals surface area contributed by atoms with Crippen LogP contribution in [0.1, 0.15) is 48.9 Å². The van der Waals surface area contributed by atoms with Gasteiger partial charge in [0.25, 0.3) is 0 Å². The Kier molecular flexibility index (Phi) is 4.35. The Morgan fingerprint density at radius 1 is 0.938 bits per heavy atom. The van der Waals surface area contributed by atoms with Crippen molar-refractivity contribution in [2.24, 2.45) is 23.2 Å². The second-order valence-corrected chi connectivity index (χ2v) is 11.8. The van der Waals surface area contributed by atoms with Gasteiger partial charge in [0.1, 0.15) is 10.6 Å². The Morgan fingerprint density at radius 3 is 2.19 bits per heavy atom. The second kappa shape index (κ2) is 6.95. The molecule has 166 valence electrons. The van der Waals surface area contributed by atoms with E-state index in [2.05, 4.69) is 0 Å². The SMILES string of the molecule is Cc1ccc(S(=O)(=O)Oc2ccc3c(ccn3C(=O)C34CC5CC(CC(C5)C3)C4)c2)cc1. The van der Waals surface area contributed by atoms with E-state index in [0.29, 0.717) is 17.8 Å². The molecule has 4 saturated carbocycles. The predicted molar refractivity (Wildman–Crippen MR) is 122 cm³/mol. The van der Waals surface area contributed by atoms with E-state index in [9.17, 15) is 13.2 Å². The molecule has 6 heteroatoms. The fourth-order valence-corrected chi connectivity index (χ4v) is 7.78. The summed E-state index contributed by atoms with van der Waals surface area (Å²) in [6.45, 7) is 1.90. The molecule has 3 aromatic rings. The molecule has 0 atom stereocenters. The number of carbonyl (C=O) groups excluding carboxylic acids is 1. The molecule has 0 N–H and O–H groups in total. The Labute approximate surface area is 188 Å². The van der Waals surface area contributed by atoms with Crippen LogP contribution in [0.15, 0.2) is 59.6 Å².